The number of amides is 1. The molecule has 1 aliphatic rings. The number of H-pyrrole nitrogens is 1. The first-order valence-corrected chi connectivity index (χ1v) is 13.3. The van der Waals surface area contributed by atoms with Crippen LogP contribution in [0.4, 0.5) is 0 Å². The van der Waals surface area contributed by atoms with E-state index in [0.29, 0.717) is 0 Å². The molecule has 4 aromatic rings. The molecule has 1 aliphatic heterocycles. The van der Waals surface area contributed by atoms with Crippen molar-refractivity contribution in [3.05, 3.63) is 102 Å². The minimum Gasteiger partial charge on any atom is -0.344 e. The highest BCUT2D eigenvalue weighted by Crippen LogP contribution is 2.34. The van der Waals surface area contributed by atoms with Crippen LogP contribution in [0.5, 0.6) is 0 Å². The van der Waals surface area contributed by atoms with E-state index in [2.05, 4.69) is 71.2 Å². The van der Waals surface area contributed by atoms with Gasteiger partial charge in [-0.05, 0) is 35.7 Å². The molecule has 1 N–H and O–H groups in total. The van der Waals surface area contributed by atoms with E-state index in [4.69, 9.17) is 0 Å². The maximum absolute atomic E-state index is 13.7. The van der Waals surface area contributed by atoms with Gasteiger partial charge in [-0.25, -0.2) is 4.98 Å². The molecule has 1 aromatic heterocycles. The van der Waals surface area contributed by atoms with Crippen LogP contribution in [-0.2, 0) is 6.42 Å². The van der Waals surface area contributed by atoms with Gasteiger partial charge in [-0.2, -0.15) is 0 Å². The van der Waals surface area contributed by atoms with Crippen LogP contribution in [0, 0.1) is 6.92 Å². The molecule has 3 aromatic carbocycles. The molecule has 5 rings (SSSR count). The molecule has 0 spiro atoms. The van der Waals surface area contributed by atoms with Crippen LogP contribution in [0.2, 0.25) is 0 Å². The zero-order chi connectivity index (χ0) is 25.0. The van der Waals surface area contributed by atoms with Crippen LogP contribution in [0.3, 0.4) is 0 Å². The lowest BCUT2D eigenvalue weighted by Gasteiger charge is -2.49. The van der Waals surface area contributed by atoms with Crippen molar-refractivity contribution in [3.8, 4) is 0 Å². The summed E-state index contributed by atoms with van der Waals surface area (Å²) in [7, 11) is 0. The zero-order valence-corrected chi connectivity index (χ0v) is 21.5. The van der Waals surface area contributed by atoms with Gasteiger partial charge in [0.05, 0.1) is 50.9 Å². The Hall–Kier alpha value is -3.44. The van der Waals surface area contributed by atoms with Crippen molar-refractivity contribution in [2.24, 2.45) is 0 Å². The number of piperazine rings is 1. The number of aromatic nitrogens is 2. The summed E-state index contributed by atoms with van der Waals surface area (Å²) in [4.78, 5) is 23.6. The second-order valence-corrected chi connectivity index (χ2v) is 10.3. The minimum absolute atomic E-state index is 0.150. The number of fused-ring (bicyclic) bond motifs is 1. The van der Waals surface area contributed by atoms with E-state index < -0.39 is 0 Å². The topological polar surface area (TPSA) is 49.0 Å². The molecule has 1 saturated heterocycles. The molecular formula is C31H37N4O+. The Morgan fingerprint density at radius 3 is 2.58 bits per heavy atom. The lowest BCUT2D eigenvalue weighted by Crippen LogP contribution is -2.62. The molecule has 5 nitrogen and oxygen atoms in total. The largest absolute Gasteiger partial charge is 0.344 e. The number of aromatic amines is 1. The fraction of sp³-hybridized carbons (Fsp3) is 0.355. The molecule has 186 valence electrons. The third-order valence-corrected chi connectivity index (χ3v) is 7.95. The van der Waals surface area contributed by atoms with Crippen molar-refractivity contribution in [1.29, 1.82) is 0 Å². The third kappa shape index (κ3) is 4.93. The molecule has 0 saturated carbocycles. The van der Waals surface area contributed by atoms with E-state index in [1.807, 2.05) is 30.5 Å². The fourth-order valence-corrected chi connectivity index (χ4v) is 5.92. The van der Waals surface area contributed by atoms with Crippen LogP contribution in [0.15, 0.2) is 79.3 Å². The molecule has 0 bridgehead atoms. The number of carbonyl (C=O) groups is 1. The van der Waals surface area contributed by atoms with Gasteiger partial charge in [0.2, 0.25) is 0 Å². The molecular weight excluding hydrogens is 444 g/mol. The number of hydrogen-bond donors (Lipinski definition) is 1. The molecule has 1 atom stereocenters. The van der Waals surface area contributed by atoms with Gasteiger partial charge in [-0.3, -0.25) is 4.79 Å². The zero-order valence-electron chi connectivity index (χ0n) is 21.5. The maximum atomic E-state index is 13.7. The predicted octanol–water partition coefficient (Wildman–Crippen LogP) is 5.93. The van der Waals surface area contributed by atoms with Gasteiger partial charge in [-0.1, -0.05) is 79.6 Å². The summed E-state index contributed by atoms with van der Waals surface area (Å²) in [6.07, 6.45) is 7.11. The van der Waals surface area contributed by atoms with E-state index in [9.17, 15) is 4.79 Å². The van der Waals surface area contributed by atoms with Gasteiger partial charge < -0.3 is 14.4 Å². The van der Waals surface area contributed by atoms with Crippen molar-refractivity contribution >= 4 is 16.7 Å². The van der Waals surface area contributed by atoms with Gasteiger partial charge >= 0.3 is 0 Å². The van der Waals surface area contributed by atoms with E-state index in [1.54, 1.807) is 6.33 Å². The molecule has 1 unspecified atom stereocenters. The van der Waals surface area contributed by atoms with E-state index in [1.165, 1.54) is 29.7 Å². The van der Waals surface area contributed by atoms with Crippen molar-refractivity contribution in [2.75, 3.05) is 32.7 Å². The Bertz CT molecular complexity index is 1300. The van der Waals surface area contributed by atoms with Gasteiger partial charge in [0.1, 0.15) is 6.04 Å². The first kappa shape index (κ1) is 24.3. The average Bonchev–Trinajstić information content (AvgIpc) is 3.45. The number of nitrogens with one attached hydrogen (secondary N) is 1. The molecule has 1 amide bonds. The summed E-state index contributed by atoms with van der Waals surface area (Å²) in [5.41, 5.74) is 4.66. The first-order chi connectivity index (χ1) is 17.6. The summed E-state index contributed by atoms with van der Waals surface area (Å²) in [6.45, 7) is 8.98. The number of unbranched alkanes of at least 4 members (excludes halogenated alkanes) is 1. The lowest BCUT2D eigenvalue weighted by atomic mass is 9.96. The van der Waals surface area contributed by atoms with Crippen LogP contribution in [-0.4, -0.2) is 58.0 Å². The maximum Gasteiger partial charge on any atom is 0.254 e. The van der Waals surface area contributed by atoms with Crippen molar-refractivity contribution < 1.29 is 9.28 Å². The van der Waals surface area contributed by atoms with Gasteiger partial charge in [-0.15, -0.1) is 0 Å². The standard InChI is InChI=1S/C31H37N4O/c1-3-4-17-35(30(29-22-32-23-33-29)21-25-10-7-9-24(2)20-25)18-15-34(16-19-35)31(36)28-14-8-12-26-11-5-6-13-27(26)28/h5-14,20,22-23,30H,3-4,15-19,21H2,1-2H3,(H,32,33)/q+1. The predicted molar refractivity (Wildman–Crippen MR) is 146 cm³/mol. The first-order valence-electron chi connectivity index (χ1n) is 13.3. The Balaban J connectivity index is 1.42. The molecule has 1 fully saturated rings. The minimum atomic E-state index is 0.150. The van der Waals surface area contributed by atoms with Crippen molar-refractivity contribution in [2.45, 2.75) is 39.2 Å². The summed E-state index contributed by atoms with van der Waals surface area (Å²) in [5.74, 6) is 0.150. The smallest absolute Gasteiger partial charge is 0.254 e. The number of carbonyl (C=O) groups excluding carboxylic acids is 1. The van der Waals surface area contributed by atoms with Crippen LogP contribution < -0.4 is 0 Å². The van der Waals surface area contributed by atoms with Crippen molar-refractivity contribution in [1.82, 2.24) is 14.9 Å². The highest BCUT2D eigenvalue weighted by molar-refractivity contribution is 6.07. The monoisotopic (exact) mass is 481 g/mol. The van der Waals surface area contributed by atoms with Gasteiger partial charge in [0.15, 0.2) is 0 Å². The number of aryl methyl sites for hydroxylation is 1. The van der Waals surface area contributed by atoms with E-state index in [0.717, 1.165) is 60.0 Å². The molecule has 0 radical (unpaired) electrons. The van der Waals surface area contributed by atoms with Crippen LogP contribution in [0.1, 0.15) is 53.0 Å². The quantitative estimate of drug-likeness (QED) is 0.317. The molecule has 2 heterocycles. The second kappa shape index (κ2) is 10.7. The Kier molecular flexibility index (Phi) is 7.19. The van der Waals surface area contributed by atoms with Gasteiger partial charge in [0, 0.05) is 12.0 Å². The highest BCUT2D eigenvalue weighted by atomic mass is 16.2. The van der Waals surface area contributed by atoms with Crippen LogP contribution in [0.25, 0.3) is 10.8 Å². The van der Waals surface area contributed by atoms with E-state index >= 15 is 0 Å². The number of hydrogen-bond acceptors (Lipinski definition) is 2. The Labute approximate surface area is 214 Å². The normalized spacial score (nSPS) is 16.2. The third-order valence-electron chi connectivity index (χ3n) is 7.95. The van der Waals surface area contributed by atoms with Crippen LogP contribution >= 0.6 is 0 Å². The number of nitrogens with zero attached hydrogens (tertiary/aromatic N) is 3. The highest BCUT2D eigenvalue weighted by Gasteiger charge is 2.42. The fourth-order valence-electron chi connectivity index (χ4n) is 5.92. The van der Waals surface area contributed by atoms with Crippen molar-refractivity contribution in [3.63, 3.8) is 0 Å². The SMILES string of the molecule is CCCC[N+]1(C(Cc2cccc(C)c2)c2cnc[nH]2)CCN(C(=O)c2cccc3ccccc23)CC1. The molecule has 36 heavy (non-hydrogen) atoms. The van der Waals surface area contributed by atoms with Gasteiger partial charge in [0.25, 0.3) is 5.91 Å². The summed E-state index contributed by atoms with van der Waals surface area (Å²) >= 11 is 0. The summed E-state index contributed by atoms with van der Waals surface area (Å²) < 4.78 is 0.989. The summed E-state index contributed by atoms with van der Waals surface area (Å²) in [5, 5.41) is 2.16. The Morgan fingerprint density at radius 1 is 1.06 bits per heavy atom. The number of benzene rings is 3. The van der Waals surface area contributed by atoms with E-state index in [-0.39, 0.29) is 11.9 Å². The number of rotatable bonds is 8. The average molecular weight is 482 g/mol. The Morgan fingerprint density at radius 2 is 1.83 bits per heavy atom. The molecule has 5 heteroatoms. The second-order valence-electron chi connectivity index (χ2n) is 10.3. The lowest BCUT2D eigenvalue weighted by molar-refractivity contribution is -0.960. The molecule has 0 aliphatic carbocycles. The number of imidazole rings is 1. The summed E-state index contributed by atoms with van der Waals surface area (Å²) in [6, 6.07) is 23.4. The number of quaternary nitrogens is 1.